The topological polar surface area (TPSA) is 73.3 Å². The largest absolute Gasteiger partial charge is 0.493 e. The van der Waals surface area contributed by atoms with E-state index < -0.39 is 6.10 Å². The maximum Gasteiger partial charge on any atom is 0.266 e. The predicted molar refractivity (Wildman–Crippen MR) is 88.0 cm³/mol. The van der Waals surface area contributed by atoms with Crippen LogP contribution in [0.15, 0.2) is 28.6 Å². The van der Waals surface area contributed by atoms with Crippen LogP contribution in [0.25, 0.3) is 0 Å². The number of hydrogen-bond acceptors (Lipinski definition) is 7. The smallest absolute Gasteiger partial charge is 0.266 e. The summed E-state index contributed by atoms with van der Waals surface area (Å²) >= 11 is 2.93. The van der Waals surface area contributed by atoms with Crippen molar-refractivity contribution in [3.05, 3.63) is 24.3 Å². The number of benzene rings is 1. The molecule has 2 rings (SSSR count). The van der Waals surface area contributed by atoms with Gasteiger partial charge in [-0.25, -0.2) is 0 Å². The predicted octanol–water partition coefficient (Wildman–Crippen LogP) is 3.06. The molecule has 1 heterocycles. The zero-order chi connectivity index (χ0) is 15.9. The summed E-state index contributed by atoms with van der Waals surface area (Å²) in [5, 5.41) is 11.1. The van der Waals surface area contributed by atoms with Gasteiger partial charge < -0.3 is 9.47 Å². The van der Waals surface area contributed by atoms with E-state index >= 15 is 0 Å². The summed E-state index contributed by atoms with van der Waals surface area (Å²) in [5.41, 5.74) is 0. The van der Waals surface area contributed by atoms with Crippen molar-refractivity contribution in [1.82, 2.24) is 10.2 Å². The number of nitrogens with zero attached hydrogens (tertiary/aromatic N) is 2. The number of carbonyl (C=O) groups is 1. The first kappa shape index (κ1) is 16.6. The zero-order valence-electron chi connectivity index (χ0n) is 12.5. The number of amides is 1. The SMILES string of the molecule is CCSc1nnc(NC(=O)[C@@H](C)Oc2ccccc2OC)s1. The van der Waals surface area contributed by atoms with E-state index in [0.29, 0.717) is 16.6 Å². The molecule has 2 aromatic rings. The van der Waals surface area contributed by atoms with E-state index in [2.05, 4.69) is 15.5 Å². The van der Waals surface area contributed by atoms with E-state index in [-0.39, 0.29) is 5.91 Å². The maximum atomic E-state index is 12.1. The third-order valence-electron chi connectivity index (χ3n) is 2.65. The van der Waals surface area contributed by atoms with Crippen LogP contribution in [-0.4, -0.2) is 35.1 Å². The Bertz CT molecular complexity index is 633. The van der Waals surface area contributed by atoms with Crippen LogP contribution >= 0.6 is 23.1 Å². The van der Waals surface area contributed by atoms with Crippen molar-refractivity contribution < 1.29 is 14.3 Å². The number of nitrogens with one attached hydrogen (secondary N) is 1. The van der Waals surface area contributed by atoms with Gasteiger partial charge in [-0.1, -0.05) is 42.2 Å². The molecule has 0 saturated carbocycles. The number of rotatable bonds is 7. The van der Waals surface area contributed by atoms with Crippen LogP contribution in [0.1, 0.15) is 13.8 Å². The van der Waals surface area contributed by atoms with Gasteiger partial charge in [0.2, 0.25) is 5.13 Å². The lowest BCUT2D eigenvalue weighted by atomic mass is 10.3. The average molecular weight is 339 g/mol. The van der Waals surface area contributed by atoms with Crippen LogP contribution in [0, 0.1) is 0 Å². The lowest BCUT2D eigenvalue weighted by Crippen LogP contribution is -2.30. The Morgan fingerprint density at radius 1 is 1.36 bits per heavy atom. The van der Waals surface area contributed by atoms with Gasteiger partial charge in [0.1, 0.15) is 0 Å². The van der Waals surface area contributed by atoms with E-state index in [1.807, 2.05) is 19.1 Å². The van der Waals surface area contributed by atoms with Gasteiger partial charge in [-0.2, -0.15) is 0 Å². The molecule has 0 radical (unpaired) electrons. The molecule has 0 bridgehead atoms. The fourth-order valence-electron chi connectivity index (χ4n) is 1.61. The van der Waals surface area contributed by atoms with E-state index in [1.54, 1.807) is 37.9 Å². The first-order chi connectivity index (χ1) is 10.6. The molecule has 0 unspecified atom stereocenters. The molecule has 1 atom stereocenters. The van der Waals surface area contributed by atoms with Gasteiger partial charge in [0.05, 0.1) is 7.11 Å². The van der Waals surface area contributed by atoms with Gasteiger partial charge in [0.15, 0.2) is 21.9 Å². The minimum Gasteiger partial charge on any atom is -0.493 e. The molecule has 1 aromatic heterocycles. The highest BCUT2D eigenvalue weighted by molar-refractivity contribution is 8.01. The molecule has 22 heavy (non-hydrogen) atoms. The molecule has 1 amide bonds. The Hall–Kier alpha value is -1.80. The lowest BCUT2D eigenvalue weighted by molar-refractivity contribution is -0.122. The molecule has 8 heteroatoms. The molecular formula is C14H17N3O3S2. The summed E-state index contributed by atoms with van der Waals surface area (Å²) in [5.74, 6) is 1.73. The summed E-state index contributed by atoms with van der Waals surface area (Å²) in [7, 11) is 1.56. The van der Waals surface area contributed by atoms with Crippen LogP contribution < -0.4 is 14.8 Å². The lowest BCUT2D eigenvalue weighted by Gasteiger charge is -2.15. The van der Waals surface area contributed by atoms with Crippen molar-refractivity contribution in [2.75, 3.05) is 18.2 Å². The zero-order valence-corrected chi connectivity index (χ0v) is 14.2. The second kappa shape index (κ2) is 8.00. The van der Waals surface area contributed by atoms with Crippen LogP contribution in [0.3, 0.4) is 0 Å². The number of thioether (sulfide) groups is 1. The van der Waals surface area contributed by atoms with E-state index in [1.165, 1.54) is 11.3 Å². The van der Waals surface area contributed by atoms with Gasteiger partial charge in [-0.3, -0.25) is 10.1 Å². The summed E-state index contributed by atoms with van der Waals surface area (Å²) in [6.07, 6.45) is -0.678. The molecular weight excluding hydrogens is 322 g/mol. The van der Waals surface area contributed by atoms with Crippen LogP contribution in [0.4, 0.5) is 5.13 Å². The minimum absolute atomic E-state index is 0.282. The Morgan fingerprint density at radius 3 is 2.77 bits per heavy atom. The molecule has 0 aliphatic carbocycles. The van der Waals surface area contributed by atoms with Gasteiger partial charge in [-0.15, -0.1) is 10.2 Å². The number of ether oxygens (including phenoxy) is 2. The number of hydrogen-bond donors (Lipinski definition) is 1. The first-order valence-corrected chi connectivity index (χ1v) is 8.51. The Balaban J connectivity index is 1.96. The monoisotopic (exact) mass is 339 g/mol. The highest BCUT2D eigenvalue weighted by atomic mass is 32.2. The molecule has 0 saturated heterocycles. The van der Waals surface area contributed by atoms with Crippen molar-refractivity contribution in [1.29, 1.82) is 0 Å². The quantitative estimate of drug-likeness (QED) is 0.617. The van der Waals surface area contributed by atoms with Crippen molar-refractivity contribution in [2.24, 2.45) is 0 Å². The Morgan fingerprint density at radius 2 is 2.09 bits per heavy atom. The fraction of sp³-hybridized carbons (Fsp3) is 0.357. The summed E-state index contributed by atoms with van der Waals surface area (Å²) in [4.78, 5) is 12.1. The van der Waals surface area contributed by atoms with Crippen molar-refractivity contribution in [2.45, 2.75) is 24.3 Å². The average Bonchev–Trinajstić information content (AvgIpc) is 2.95. The van der Waals surface area contributed by atoms with Crippen molar-refractivity contribution in [3.63, 3.8) is 0 Å². The number of methoxy groups -OCH3 is 1. The summed E-state index contributed by atoms with van der Waals surface area (Å²) in [6.45, 7) is 3.71. The van der Waals surface area contributed by atoms with E-state index in [9.17, 15) is 4.79 Å². The van der Waals surface area contributed by atoms with Gasteiger partial charge in [-0.05, 0) is 24.8 Å². The molecule has 6 nitrogen and oxygen atoms in total. The highest BCUT2D eigenvalue weighted by Crippen LogP contribution is 2.28. The highest BCUT2D eigenvalue weighted by Gasteiger charge is 2.18. The van der Waals surface area contributed by atoms with Gasteiger partial charge in [0.25, 0.3) is 5.91 Å². The molecule has 1 aromatic carbocycles. The maximum absolute atomic E-state index is 12.1. The molecule has 1 N–H and O–H groups in total. The fourth-order valence-corrected chi connectivity index (χ4v) is 3.26. The molecule has 0 aliphatic heterocycles. The van der Waals surface area contributed by atoms with Crippen molar-refractivity contribution in [3.8, 4) is 11.5 Å². The Kier molecular flexibility index (Phi) is 6.02. The molecule has 118 valence electrons. The van der Waals surface area contributed by atoms with E-state index in [0.717, 1.165) is 10.1 Å². The third-order valence-corrected chi connectivity index (χ3v) is 4.50. The van der Waals surface area contributed by atoms with Crippen molar-refractivity contribution >= 4 is 34.1 Å². The third kappa shape index (κ3) is 4.35. The number of carbonyl (C=O) groups excluding carboxylic acids is 1. The van der Waals surface area contributed by atoms with Crippen LogP contribution in [-0.2, 0) is 4.79 Å². The number of aromatic nitrogens is 2. The standard InChI is InChI=1S/C14H17N3O3S2/c1-4-21-14-17-16-13(22-14)15-12(18)9(2)20-11-8-6-5-7-10(11)19-3/h5-9H,4H2,1-3H3,(H,15,16,18)/t9-/m1/s1. The summed E-state index contributed by atoms with van der Waals surface area (Å²) in [6, 6.07) is 7.19. The van der Waals surface area contributed by atoms with E-state index in [4.69, 9.17) is 9.47 Å². The number of para-hydroxylation sites is 2. The first-order valence-electron chi connectivity index (χ1n) is 6.71. The second-order valence-electron chi connectivity index (χ2n) is 4.21. The molecule has 0 spiro atoms. The second-order valence-corrected chi connectivity index (χ2v) is 6.69. The minimum atomic E-state index is -0.678. The number of anilines is 1. The molecule has 0 fully saturated rings. The van der Waals surface area contributed by atoms with Crippen LogP contribution in [0.2, 0.25) is 0 Å². The van der Waals surface area contributed by atoms with Crippen LogP contribution in [0.5, 0.6) is 11.5 Å². The molecule has 0 aliphatic rings. The normalized spacial score (nSPS) is 11.8. The van der Waals surface area contributed by atoms with Gasteiger partial charge >= 0.3 is 0 Å². The summed E-state index contributed by atoms with van der Waals surface area (Å²) < 4.78 is 11.7. The Labute approximate surface area is 137 Å². The van der Waals surface area contributed by atoms with Gasteiger partial charge in [0, 0.05) is 0 Å².